The number of anilines is 2. The van der Waals surface area contributed by atoms with Crippen LogP contribution in [-0.2, 0) is 6.42 Å². The Morgan fingerprint density at radius 2 is 2.05 bits per heavy atom. The van der Waals surface area contributed by atoms with Gasteiger partial charge in [-0.1, -0.05) is 17.7 Å². The third-order valence-electron chi connectivity index (χ3n) is 3.78. The van der Waals surface area contributed by atoms with Gasteiger partial charge in [0.05, 0.1) is 0 Å². The zero-order valence-electron chi connectivity index (χ0n) is 11.4. The van der Waals surface area contributed by atoms with E-state index in [1.165, 1.54) is 16.8 Å². The van der Waals surface area contributed by atoms with Crippen molar-refractivity contribution in [2.45, 2.75) is 19.8 Å². The highest BCUT2D eigenvalue weighted by Gasteiger charge is 2.18. The molecule has 2 nitrogen and oxygen atoms in total. The van der Waals surface area contributed by atoms with E-state index in [0.717, 1.165) is 35.8 Å². The summed E-state index contributed by atoms with van der Waals surface area (Å²) in [5.41, 5.74) is 5.82. The molecule has 1 aliphatic heterocycles. The summed E-state index contributed by atoms with van der Waals surface area (Å²) in [5, 5.41) is 0. The molecule has 3 heteroatoms. The molecule has 0 N–H and O–H groups in total. The molecule has 0 amide bonds. The van der Waals surface area contributed by atoms with Gasteiger partial charge in [0.25, 0.3) is 0 Å². The van der Waals surface area contributed by atoms with Crippen molar-refractivity contribution >= 4 is 33.6 Å². The number of aldehydes is 1. The van der Waals surface area contributed by atoms with Crippen LogP contribution in [0, 0.1) is 6.92 Å². The summed E-state index contributed by atoms with van der Waals surface area (Å²) in [6.07, 6.45) is 3.17. The van der Waals surface area contributed by atoms with Gasteiger partial charge < -0.3 is 4.90 Å². The van der Waals surface area contributed by atoms with E-state index in [1.807, 2.05) is 18.2 Å². The standard InChI is InChI=1S/C17H16BrNO/c1-12-4-7-17-13(9-12)3-2-8-19(17)15-6-5-14(11-20)16(18)10-15/h4-7,9-11H,2-3,8H2,1H3. The topological polar surface area (TPSA) is 20.3 Å². The molecule has 2 aromatic rings. The van der Waals surface area contributed by atoms with Crippen LogP contribution in [0.4, 0.5) is 11.4 Å². The molecule has 0 saturated heterocycles. The third-order valence-corrected chi connectivity index (χ3v) is 4.46. The van der Waals surface area contributed by atoms with Crippen molar-refractivity contribution in [2.24, 2.45) is 0 Å². The smallest absolute Gasteiger partial charge is 0.151 e. The van der Waals surface area contributed by atoms with Crippen molar-refractivity contribution in [3.8, 4) is 0 Å². The molecule has 0 aliphatic carbocycles. The lowest BCUT2D eigenvalue weighted by molar-refractivity contribution is 0.112. The van der Waals surface area contributed by atoms with Gasteiger partial charge in [-0.15, -0.1) is 0 Å². The van der Waals surface area contributed by atoms with Gasteiger partial charge in [-0.2, -0.15) is 0 Å². The predicted octanol–water partition coefficient (Wildman–Crippen LogP) is 4.65. The minimum Gasteiger partial charge on any atom is -0.341 e. The maximum atomic E-state index is 10.9. The first-order valence-corrected chi connectivity index (χ1v) is 7.60. The lowest BCUT2D eigenvalue weighted by Crippen LogP contribution is -2.24. The molecule has 1 heterocycles. The molecular weight excluding hydrogens is 314 g/mol. The van der Waals surface area contributed by atoms with E-state index in [2.05, 4.69) is 46.0 Å². The van der Waals surface area contributed by atoms with Crippen LogP contribution in [-0.4, -0.2) is 12.8 Å². The molecule has 0 atom stereocenters. The van der Waals surface area contributed by atoms with Crippen LogP contribution in [0.3, 0.4) is 0 Å². The van der Waals surface area contributed by atoms with Crippen molar-refractivity contribution in [3.05, 3.63) is 57.6 Å². The number of fused-ring (bicyclic) bond motifs is 1. The molecule has 0 fully saturated rings. The number of halogens is 1. The van der Waals surface area contributed by atoms with Crippen LogP contribution in [0.1, 0.15) is 27.9 Å². The number of rotatable bonds is 2. The Kier molecular flexibility index (Phi) is 3.62. The molecule has 0 saturated carbocycles. The summed E-state index contributed by atoms with van der Waals surface area (Å²) in [6.45, 7) is 3.15. The van der Waals surface area contributed by atoms with Gasteiger partial charge in [0.15, 0.2) is 6.29 Å². The van der Waals surface area contributed by atoms with Crippen molar-refractivity contribution in [1.29, 1.82) is 0 Å². The molecule has 0 unspecified atom stereocenters. The van der Waals surface area contributed by atoms with Crippen LogP contribution in [0.5, 0.6) is 0 Å². The molecule has 0 radical (unpaired) electrons. The minimum absolute atomic E-state index is 0.690. The molecule has 0 bridgehead atoms. The fraction of sp³-hybridized carbons (Fsp3) is 0.235. The van der Waals surface area contributed by atoms with Gasteiger partial charge in [0.2, 0.25) is 0 Å². The SMILES string of the molecule is Cc1ccc2c(c1)CCCN2c1ccc(C=O)c(Br)c1. The lowest BCUT2D eigenvalue weighted by atomic mass is 9.99. The average Bonchev–Trinajstić information content (AvgIpc) is 2.46. The minimum atomic E-state index is 0.690. The highest BCUT2D eigenvalue weighted by Crippen LogP contribution is 2.35. The Morgan fingerprint density at radius 3 is 2.80 bits per heavy atom. The van der Waals surface area contributed by atoms with E-state index in [1.54, 1.807) is 0 Å². The average molecular weight is 330 g/mol. The van der Waals surface area contributed by atoms with Crippen LogP contribution in [0.15, 0.2) is 40.9 Å². The Bertz CT molecular complexity index is 666. The number of benzene rings is 2. The molecule has 2 aromatic carbocycles. The van der Waals surface area contributed by atoms with E-state index in [-0.39, 0.29) is 0 Å². The summed E-state index contributed by atoms with van der Waals surface area (Å²) in [4.78, 5) is 13.2. The number of hydrogen-bond donors (Lipinski definition) is 0. The first-order valence-electron chi connectivity index (χ1n) is 6.81. The van der Waals surface area contributed by atoms with Crippen molar-refractivity contribution in [2.75, 3.05) is 11.4 Å². The van der Waals surface area contributed by atoms with E-state index in [9.17, 15) is 4.79 Å². The van der Waals surface area contributed by atoms with E-state index in [0.29, 0.717) is 5.56 Å². The van der Waals surface area contributed by atoms with Crippen molar-refractivity contribution in [1.82, 2.24) is 0 Å². The fourth-order valence-corrected chi connectivity index (χ4v) is 3.23. The second kappa shape index (κ2) is 5.41. The normalized spacial score (nSPS) is 14.0. The molecule has 102 valence electrons. The van der Waals surface area contributed by atoms with Crippen molar-refractivity contribution < 1.29 is 4.79 Å². The number of carbonyl (C=O) groups is 1. The number of carbonyl (C=O) groups excluding carboxylic acids is 1. The lowest BCUT2D eigenvalue weighted by Gasteiger charge is -2.32. The molecular formula is C17H16BrNO. The van der Waals surface area contributed by atoms with E-state index >= 15 is 0 Å². The van der Waals surface area contributed by atoms with Crippen molar-refractivity contribution in [3.63, 3.8) is 0 Å². The van der Waals surface area contributed by atoms with Gasteiger partial charge in [-0.3, -0.25) is 4.79 Å². The van der Waals surface area contributed by atoms with Gasteiger partial charge >= 0.3 is 0 Å². The van der Waals surface area contributed by atoms with Crippen LogP contribution < -0.4 is 4.90 Å². The zero-order chi connectivity index (χ0) is 14.1. The van der Waals surface area contributed by atoms with Crippen LogP contribution >= 0.6 is 15.9 Å². The third kappa shape index (κ3) is 2.38. The van der Waals surface area contributed by atoms with Gasteiger partial charge in [0.1, 0.15) is 0 Å². The number of nitrogens with zero attached hydrogens (tertiary/aromatic N) is 1. The summed E-state index contributed by atoms with van der Waals surface area (Å²) in [6, 6.07) is 12.5. The molecule has 20 heavy (non-hydrogen) atoms. The van der Waals surface area contributed by atoms with Crippen LogP contribution in [0.25, 0.3) is 0 Å². The summed E-state index contributed by atoms with van der Waals surface area (Å²) in [5.74, 6) is 0. The first-order chi connectivity index (χ1) is 9.69. The summed E-state index contributed by atoms with van der Waals surface area (Å²) >= 11 is 3.47. The van der Waals surface area contributed by atoms with Gasteiger partial charge in [-0.05, 0) is 65.5 Å². The molecule has 0 spiro atoms. The Hall–Kier alpha value is -1.61. The summed E-state index contributed by atoms with van der Waals surface area (Å²) in [7, 11) is 0. The number of hydrogen-bond acceptors (Lipinski definition) is 2. The zero-order valence-corrected chi connectivity index (χ0v) is 13.0. The molecule has 3 rings (SSSR count). The molecule has 0 aromatic heterocycles. The second-order valence-corrected chi connectivity index (χ2v) is 6.07. The van der Waals surface area contributed by atoms with Gasteiger partial charge in [0, 0.05) is 28.0 Å². The van der Waals surface area contributed by atoms with Gasteiger partial charge in [-0.25, -0.2) is 0 Å². The van der Waals surface area contributed by atoms with Crippen LogP contribution in [0.2, 0.25) is 0 Å². The summed E-state index contributed by atoms with van der Waals surface area (Å²) < 4.78 is 0.851. The Labute approximate surface area is 127 Å². The molecule has 1 aliphatic rings. The van der Waals surface area contributed by atoms with E-state index < -0.39 is 0 Å². The monoisotopic (exact) mass is 329 g/mol. The largest absolute Gasteiger partial charge is 0.341 e. The second-order valence-electron chi connectivity index (χ2n) is 5.21. The highest BCUT2D eigenvalue weighted by atomic mass is 79.9. The Morgan fingerprint density at radius 1 is 1.20 bits per heavy atom. The quantitative estimate of drug-likeness (QED) is 0.747. The maximum Gasteiger partial charge on any atom is 0.151 e. The predicted molar refractivity (Wildman–Crippen MR) is 86.0 cm³/mol. The Balaban J connectivity index is 2.04. The first kappa shape index (κ1) is 13.4. The fourth-order valence-electron chi connectivity index (χ4n) is 2.77. The highest BCUT2D eigenvalue weighted by molar-refractivity contribution is 9.10. The number of aryl methyl sites for hydroxylation is 2. The van der Waals surface area contributed by atoms with E-state index in [4.69, 9.17) is 0 Å². The maximum absolute atomic E-state index is 10.9.